The van der Waals surface area contributed by atoms with Gasteiger partial charge in [0.25, 0.3) is 0 Å². The average molecular weight is 407 g/mol. The molecule has 0 aliphatic carbocycles. The summed E-state index contributed by atoms with van der Waals surface area (Å²) in [6, 6.07) is 27.7. The normalized spacial score (nSPS) is 12.2. The van der Waals surface area contributed by atoms with Crippen molar-refractivity contribution in [2.45, 2.75) is 46.5 Å². The van der Waals surface area contributed by atoms with Crippen molar-refractivity contribution in [2.24, 2.45) is 4.99 Å². The number of rotatable bonds is 5. The van der Waals surface area contributed by atoms with E-state index in [2.05, 4.69) is 113 Å². The Hall–Kier alpha value is -3.26. The molecule has 0 N–H and O–H groups in total. The van der Waals surface area contributed by atoms with Gasteiger partial charge in [0.2, 0.25) is 0 Å². The molecule has 31 heavy (non-hydrogen) atoms. The van der Waals surface area contributed by atoms with Crippen LogP contribution < -0.4 is 0 Å². The van der Waals surface area contributed by atoms with Crippen molar-refractivity contribution in [2.75, 3.05) is 0 Å². The molecule has 4 aromatic rings. The molecule has 156 valence electrons. The summed E-state index contributed by atoms with van der Waals surface area (Å²) < 4.78 is 0. The van der Waals surface area contributed by atoms with E-state index in [-0.39, 0.29) is 0 Å². The summed E-state index contributed by atoms with van der Waals surface area (Å²) in [5, 5.41) is 2.47. The first kappa shape index (κ1) is 21.0. The van der Waals surface area contributed by atoms with E-state index in [1.807, 2.05) is 0 Å². The van der Waals surface area contributed by atoms with Gasteiger partial charge in [-0.1, -0.05) is 88.4 Å². The fourth-order valence-electron chi connectivity index (χ4n) is 4.01. The Morgan fingerprint density at radius 1 is 0.710 bits per heavy atom. The van der Waals surface area contributed by atoms with Crippen LogP contribution in [0.4, 0.5) is 5.69 Å². The van der Waals surface area contributed by atoms with Crippen molar-refractivity contribution in [3.05, 3.63) is 95.7 Å². The van der Waals surface area contributed by atoms with Crippen LogP contribution in [0.15, 0.2) is 83.9 Å². The Balaban J connectivity index is 1.77. The zero-order valence-corrected chi connectivity index (χ0v) is 19.1. The highest BCUT2D eigenvalue weighted by Crippen LogP contribution is 2.35. The number of pyridine rings is 1. The molecule has 0 bridgehead atoms. The van der Waals surface area contributed by atoms with E-state index in [1.165, 1.54) is 21.9 Å². The Bertz CT molecular complexity index is 1220. The van der Waals surface area contributed by atoms with Gasteiger partial charge in [-0.15, -0.1) is 0 Å². The van der Waals surface area contributed by atoms with Crippen LogP contribution >= 0.6 is 0 Å². The predicted molar refractivity (Wildman–Crippen MR) is 134 cm³/mol. The summed E-state index contributed by atoms with van der Waals surface area (Å²) in [6.45, 7) is 11.0. The number of aromatic nitrogens is 1. The monoisotopic (exact) mass is 406 g/mol. The van der Waals surface area contributed by atoms with Crippen molar-refractivity contribution in [3.8, 4) is 11.3 Å². The number of hydrogen-bond acceptors (Lipinski definition) is 2. The maximum atomic E-state index is 5.11. The first-order valence-electron chi connectivity index (χ1n) is 11.1. The molecule has 0 spiro atoms. The highest BCUT2D eigenvalue weighted by molar-refractivity contribution is 5.99. The van der Waals surface area contributed by atoms with E-state index in [0.717, 1.165) is 28.4 Å². The van der Waals surface area contributed by atoms with Gasteiger partial charge in [-0.3, -0.25) is 4.99 Å². The second kappa shape index (κ2) is 8.85. The van der Waals surface area contributed by atoms with E-state index in [0.29, 0.717) is 11.8 Å². The third-order valence-electron chi connectivity index (χ3n) is 5.79. The van der Waals surface area contributed by atoms with E-state index >= 15 is 0 Å². The van der Waals surface area contributed by atoms with Crippen LogP contribution in [0.3, 0.4) is 0 Å². The van der Waals surface area contributed by atoms with E-state index in [1.54, 1.807) is 0 Å². The Morgan fingerprint density at radius 3 is 2.03 bits per heavy atom. The number of aliphatic imine (C=N–C) groups is 1. The van der Waals surface area contributed by atoms with Gasteiger partial charge >= 0.3 is 0 Å². The van der Waals surface area contributed by atoms with Gasteiger partial charge in [0.15, 0.2) is 0 Å². The number of hydrogen-bond donors (Lipinski definition) is 0. The van der Waals surface area contributed by atoms with Crippen molar-refractivity contribution < 1.29 is 0 Å². The van der Waals surface area contributed by atoms with Gasteiger partial charge in [-0.25, -0.2) is 4.98 Å². The Morgan fingerprint density at radius 2 is 1.35 bits per heavy atom. The summed E-state index contributed by atoms with van der Waals surface area (Å²) in [7, 11) is 0. The van der Waals surface area contributed by atoms with Gasteiger partial charge < -0.3 is 0 Å². The van der Waals surface area contributed by atoms with E-state index in [4.69, 9.17) is 9.98 Å². The van der Waals surface area contributed by atoms with Crippen LogP contribution in [0.25, 0.3) is 22.0 Å². The minimum Gasteiger partial charge on any atom is -0.251 e. The molecule has 3 aromatic carbocycles. The van der Waals surface area contributed by atoms with Crippen molar-refractivity contribution in [1.82, 2.24) is 4.98 Å². The lowest BCUT2D eigenvalue weighted by Gasteiger charge is -2.17. The summed E-state index contributed by atoms with van der Waals surface area (Å²) in [5.41, 5.74) is 7.63. The molecular formula is C29H30N2. The van der Waals surface area contributed by atoms with Crippen LogP contribution in [0.5, 0.6) is 0 Å². The molecule has 0 radical (unpaired) electrons. The number of fused-ring (bicyclic) bond motifs is 1. The van der Waals surface area contributed by atoms with Crippen LogP contribution in [0, 0.1) is 0 Å². The highest BCUT2D eigenvalue weighted by atomic mass is 14.8. The molecule has 0 atom stereocenters. The molecule has 0 saturated carbocycles. The summed E-state index contributed by atoms with van der Waals surface area (Å²) in [6.07, 6.45) is 0. The smallest absolute Gasteiger partial charge is 0.0849 e. The van der Waals surface area contributed by atoms with Crippen molar-refractivity contribution >= 4 is 22.2 Å². The van der Waals surface area contributed by atoms with Crippen molar-refractivity contribution in [3.63, 3.8) is 0 Å². The Labute approximate surface area is 185 Å². The molecule has 1 aromatic heterocycles. The third kappa shape index (κ3) is 4.44. The Kier molecular flexibility index (Phi) is 5.99. The second-order valence-electron chi connectivity index (χ2n) is 8.76. The van der Waals surface area contributed by atoms with E-state index < -0.39 is 0 Å². The molecule has 0 amide bonds. The lowest BCUT2D eigenvalue weighted by Crippen LogP contribution is -2.02. The maximum Gasteiger partial charge on any atom is 0.0849 e. The zero-order chi connectivity index (χ0) is 22.0. The minimum atomic E-state index is 0.419. The first-order chi connectivity index (χ1) is 14.9. The fraction of sp³-hybridized carbons (Fsp3) is 0.241. The van der Waals surface area contributed by atoms with Crippen LogP contribution in [-0.4, -0.2) is 10.7 Å². The van der Waals surface area contributed by atoms with Gasteiger partial charge in [0, 0.05) is 5.56 Å². The molecule has 0 aliphatic rings. The topological polar surface area (TPSA) is 25.2 Å². The second-order valence-corrected chi connectivity index (χ2v) is 8.76. The summed E-state index contributed by atoms with van der Waals surface area (Å²) in [4.78, 5) is 10.1. The van der Waals surface area contributed by atoms with E-state index in [9.17, 15) is 0 Å². The zero-order valence-electron chi connectivity index (χ0n) is 19.1. The molecule has 2 nitrogen and oxygen atoms in total. The predicted octanol–water partition coefficient (Wildman–Crippen LogP) is 8.29. The standard InChI is InChI=1S/C29H30N2/c1-19(2)25-12-8-13-26(20(3)4)29(25)30-21(5)27-14-9-15-28(31-27)24-17-16-22-10-6-7-11-23(22)18-24/h6-20H,1-5H3. The molecule has 0 unspecified atom stereocenters. The van der Waals surface area contributed by atoms with Gasteiger partial charge in [-0.2, -0.15) is 0 Å². The van der Waals surface area contributed by atoms with Gasteiger partial charge in [-0.05, 0) is 58.9 Å². The number of nitrogens with zero attached hydrogens (tertiary/aromatic N) is 2. The molecule has 2 heteroatoms. The number of benzene rings is 3. The summed E-state index contributed by atoms with van der Waals surface area (Å²) in [5.74, 6) is 0.837. The SMILES string of the molecule is CC(=Nc1c(C(C)C)cccc1C(C)C)c1cccc(-c2ccc3ccccc3c2)n1. The molecule has 0 saturated heterocycles. The lowest BCUT2D eigenvalue weighted by atomic mass is 9.93. The lowest BCUT2D eigenvalue weighted by molar-refractivity contribution is 0.834. The molecule has 4 rings (SSSR count). The molecule has 0 fully saturated rings. The molecular weight excluding hydrogens is 376 g/mol. The van der Waals surface area contributed by atoms with Crippen molar-refractivity contribution in [1.29, 1.82) is 0 Å². The quantitative estimate of drug-likeness (QED) is 0.306. The van der Waals surface area contributed by atoms with Gasteiger partial charge in [0.1, 0.15) is 0 Å². The third-order valence-corrected chi connectivity index (χ3v) is 5.79. The molecule has 0 aliphatic heterocycles. The largest absolute Gasteiger partial charge is 0.251 e. The van der Waals surface area contributed by atoms with Crippen LogP contribution in [0.2, 0.25) is 0 Å². The minimum absolute atomic E-state index is 0.419. The molecule has 1 heterocycles. The maximum absolute atomic E-state index is 5.11. The fourth-order valence-corrected chi connectivity index (χ4v) is 4.01. The highest BCUT2D eigenvalue weighted by Gasteiger charge is 2.14. The first-order valence-corrected chi connectivity index (χ1v) is 11.1. The number of para-hydroxylation sites is 1. The van der Waals surface area contributed by atoms with Crippen LogP contribution in [-0.2, 0) is 0 Å². The van der Waals surface area contributed by atoms with Crippen LogP contribution in [0.1, 0.15) is 63.3 Å². The average Bonchev–Trinajstić information content (AvgIpc) is 2.78. The summed E-state index contributed by atoms with van der Waals surface area (Å²) >= 11 is 0. The van der Waals surface area contributed by atoms with Gasteiger partial charge in [0.05, 0.1) is 22.8 Å².